The first-order chi connectivity index (χ1) is 14.0. The molecule has 5 heteroatoms. The van der Waals surface area contributed by atoms with E-state index in [9.17, 15) is 5.11 Å². The van der Waals surface area contributed by atoms with Gasteiger partial charge in [-0.05, 0) is 59.0 Å². The Morgan fingerprint density at radius 1 is 0.966 bits per heavy atom. The second kappa shape index (κ2) is 9.45. The van der Waals surface area contributed by atoms with E-state index in [1.165, 1.54) is 0 Å². The molecule has 1 unspecified atom stereocenters. The van der Waals surface area contributed by atoms with E-state index >= 15 is 0 Å². The minimum absolute atomic E-state index is 0.471. The second-order valence-corrected chi connectivity index (χ2v) is 7.03. The number of hydrogen-bond acceptors (Lipinski definition) is 5. The van der Waals surface area contributed by atoms with Gasteiger partial charge in [0.2, 0.25) is 0 Å². The van der Waals surface area contributed by atoms with Crippen LogP contribution in [0.4, 0.5) is 11.4 Å². The zero-order chi connectivity index (χ0) is 20.8. The van der Waals surface area contributed by atoms with Crippen LogP contribution in [0.1, 0.15) is 33.9 Å². The molecule has 3 rings (SSSR count). The van der Waals surface area contributed by atoms with Gasteiger partial charge in [-0.25, -0.2) is 0 Å². The van der Waals surface area contributed by atoms with Gasteiger partial charge in [-0.15, -0.1) is 0 Å². The zero-order valence-corrected chi connectivity index (χ0v) is 17.1. The van der Waals surface area contributed by atoms with Gasteiger partial charge in [0.1, 0.15) is 11.9 Å². The molecule has 0 saturated carbocycles. The van der Waals surface area contributed by atoms with E-state index in [2.05, 4.69) is 5.32 Å². The number of anilines is 2. The molecule has 0 aromatic heterocycles. The molecule has 152 valence electrons. The third-order valence-corrected chi connectivity index (χ3v) is 5.03. The number of benzene rings is 3. The summed E-state index contributed by atoms with van der Waals surface area (Å²) in [6, 6.07) is 19.3. The smallest absolute Gasteiger partial charge is 0.118 e. The third-order valence-electron chi connectivity index (χ3n) is 5.03. The van der Waals surface area contributed by atoms with Crippen LogP contribution < -0.4 is 15.8 Å². The first-order valence-electron chi connectivity index (χ1n) is 9.57. The average molecular weight is 392 g/mol. The predicted octanol–water partition coefficient (Wildman–Crippen LogP) is 4.43. The van der Waals surface area contributed by atoms with E-state index in [0.717, 1.165) is 39.3 Å². The molecular weight excluding hydrogens is 364 g/mol. The highest BCUT2D eigenvalue weighted by atomic mass is 16.5. The normalized spacial score (nSPS) is 11.9. The second-order valence-electron chi connectivity index (χ2n) is 7.03. The summed E-state index contributed by atoms with van der Waals surface area (Å²) in [5.41, 5.74) is 12.3. The number of hydrogen-bond donors (Lipinski definition) is 3. The Morgan fingerprint density at radius 2 is 1.66 bits per heavy atom. The van der Waals surface area contributed by atoms with E-state index in [-0.39, 0.29) is 0 Å². The van der Waals surface area contributed by atoms with Crippen molar-refractivity contribution in [3.63, 3.8) is 0 Å². The number of aryl methyl sites for hydroxylation is 1. The van der Waals surface area contributed by atoms with Gasteiger partial charge in [-0.3, -0.25) is 0 Å². The van der Waals surface area contributed by atoms with Crippen LogP contribution in [0.15, 0.2) is 60.7 Å². The Balaban J connectivity index is 1.69. The van der Waals surface area contributed by atoms with E-state index in [0.29, 0.717) is 18.9 Å². The van der Waals surface area contributed by atoms with Crippen molar-refractivity contribution in [3.8, 4) is 5.75 Å². The fourth-order valence-electron chi connectivity index (χ4n) is 3.19. The van der Waals surface area contributed by atoms with Crippen molar-refractivity contribution < 1.29 is 14.6 Å². The Bertz CT molecular complexity index is 955. The maximum absolute atomic E-state index is 10.8. The molecule has 0 heterocycles. The maximum atomic E-state index is 10.8. The minimum Gasteiger partial charge on any atom is -0.497 e. The number of nitrogens with one attached hydrogen (secondary N) is 1. The molecule has 0 aliphatic rings. The summed E-state index contributed by atoms with van der Waals surface area (Å²) < 4.78 is 11.1. The van der Waals surface area contributed by atoms with Crippen molar-refractivity contribution in [3.05, 3.63) is 88.5 Å². The highest BCUT2D eigenvalue weighted by molar-refractivity contribution is 5.67. The molecule has 0 spiro atoms. The number of nitrogen functional groups attached to an aromatic ring is 1. The van der Waals surface area contributed by atoms with Crippen LogP contribution in [0, 0.1) is 6.92 Å². The Morgan fingerprint density at radius 3 is 2.31 bits per heavy atom. The summed E-state index contributed by atoms with van der Waals surface area (Å²) in [5, 5.41) is 13.8. The summed E-state index contributed by atoms with van der Waals surface area (Å²) in [6.07, 6.45) is -0.746. The molecule has 0 fully saturated rings. The standard InChI is InChI=1S/C24H28N2O3/c1-16-4-7-18(24(27)19-8-11-23(26-2)22(25)13-19)12-20(16)15-29-14-17-5-9-21(28-3)10-6-17/h4-13,24,26-27H,14-15,25H2,1-3H3. The van der Waals surface area contributed by atoms with Crippen molar-refractivity contribution in [1.29, 1.82) is 0 Å². The molecule has 0 amide bonds. The zero-order valence-electron chi connectivity index (χ0n) is 17.1. The van der Waals surface area contributed by atoms with E-state index in [1.54, 1.807) is 13.2 Å². The molecule has 3 aromatic rings. The van der Waals surface area contributed by atoms with Crippen LogP contribution in [0.2, 0.25) is 0 Å². The molecular formula is C24H28N2O3. The van der Waals surface area contributed by atoms with Gasteiger partial charge < -0.3 is 25.6 Å². The molecule has 0 aliphatic heterocycles. The maximum Gasteiger partial charge on any atom is 0.118 e. The van der Waals surface area contributed by atoms with Gasteiger partial charge in [0.25, 0.3) is 0 Å². The number of rotatable bonds is 8. The van der Waals surface area contributed by atoms with Gasteiger partial charge in [-0.1, -0.05) is 36.4 Å². The summed E-state index contributed by atoms with van der Waals surface area (Å²) in [6.45, 7) is 3.03. The van der Waals surface area contributed by atoms with Crippen molar-refractivity contribution in [2.24, 2.45) is 0 Å². The summed E-state index contributed by atoms with van der Waals surface area (Å²) in [4.78, 5) is 0. The number of aliphatic hydroxyl groups excluding tert-OH is 1. The Hall–Kier alpha value is -3.02. The van der Waals surface area contributed by atoms with E-state index in [4.69, 9.17) is 15.2 Å². The van der Waals surface area contributed by atoms with Crippen LogP contribution in [0.25, 0.3) is 0 Å². The largest absolute Gasteiger partial charge is 0.497 e. The minimum atomic E-state index is -0.746. The number of nitrogens with two attached hydrogens (primary N) is 1. The first kappa shape index (κ1) is 20.7. The fourth-order valence-corrected chi connectivity index (χ4v) is 3.19. The molecule has 0 bridgehead atoms. The summed E-state index contributed by atoms with van der Waals surface area (Å²) in [7, 11) is 3.47. The highest BCUT2D eigenvalue weighted by Crippen LogP contribution is 2.28. The van der Waals surface area contributed by atoms with Crippen LogP contribution in [0.5, 0.6) is 5.75 Å². The number of aliphatic hydroxyl groups is 1. The Labute approximate surface area is 172 Å². The quantitative estimate of drug-likeness (QED) is 0.495. The van der Waals surface area contributed by atoms with Crippen molar-refractivity contribution in [2.45, 2.75) is 26.2 Å². The van der Waals surface area contributed by atoms with Crippen LogP contribution in [-0.2, 0) is 18.0 Å². The number of ether oxygens (including phenoxy) is 2. The Kier molecular flexibility index (Phi) is 6.75. The molecule has 1 atom stereocenters. The van der Waals surface area contributed by atoms with Gasteiger partial charge in [0.15, 0.2) is 0 Å². The lowest BCUT2D eigenvalue weighted by Gasteiger charge is -2.16. The van der Waals surface area contributed by atoms with Gasteiger partial charge >= 0.3 is 0 Å². The monoisotopic (exact) mass is 392 g/mol. The molecule has 3 aromatic carbocycles. The lowest BCUT2D eigenvalue weighted by Crippen LogP contribution is -2.04. The van der Waals surface area contributed by atoms with Crippen molar-refractivity contribution in [2.75, 3.05) is 25.2 Å². The van der Waals surface area contributed by atoms with Crippen LogP contribution in [0.3, 0.4) is 0 Å². The van der Waals surface area contributed by atoms with Crippen molar-refractivity contribution >= 4 is 11.4 Å². The lowest BCUT2D eigenvalue weighted by atomic mass is 9.97. The van der Waals surface area contributed by atoms with Crippen LogP contribution >= 0.6 is 0 Å². The van der Waals surface area contributed by atoms with Gasteiger partial charge in [0.05, 0.1) is 31.7 Å². The summed E-state index contributed by atoms with van der Waals surface area (Å²) >= 11 is 0. The average Bonchev–Trinajstić information content (AvgIpc) is 2.75. The van der Waals surface area contributed by atoms with Crippen LogP contribution in [-0.4, -0.2) is 19.3 Å². The fraction of sp³-hybridized carbons (Fsp3) is 0.250. The SMILES string of the molecule is CNc1ccc(C(O)c2ccc(C)c(COCc3ccc(OC)cc3)c2)cc1N. The van der Waals surface area contributed by atoms with E-state index < -0.39 is 6.10 Å². The molecule has 29 heavy (non-hydrogen) atoms. The summed E-state index contributed by atoms with van der Waals surface area (Å²) in [5.74, 6) is 0.828. The third kappa shape index (κ3) is 5.08. The first-order valence-corrected chi connectivity index (χ1v) is 9.57. The van der Waals surface area contributed by atoms with Crippen molar-refractivity contribution in [1.82, 2.24) is 0 Å². The molecule has 0 radical (unpaired) electrons. The molecule has 4 N–H and O–H groups in total. The van der Waals surface area contributed by atoms with Gasteiger partial charge in [-0.2, -0.15) is 0 Å². The lowest BCUT2D eigenvalue weighted by molar-refractivity contribution is 0.106. The molecule has 5 nitrogen and oxygen atoms in total. The molecule has 0 aliphatic carbocycles. The molecule has 0 saturated heterocycles. The topological polar surface area (TPSA) is 76.7 Å². The highest BCUT2D eigenvalue weighted by Gasteiger charge is 2.13. The number of methoxy groups -OCH3 is 1. The predicted molar refractivity (Wildman–Crippen MR) is 117 cm³/mol. The van der Waals surface area contributed by atoms with E-state index in [1.807, 2.05) is 68.6 Å². The van der Waals surface area contributed by atoms with Gasteiger partial charge in [0, 0.05) is 7.05 Å².